The molecule has 4 heteroatoms. The van der Waals surface area contributed by atoms with Crippen LogP contribution in [0.5, 0.6) is 0 Å². The van der Waals surface area contributed by atoms with Gasteiger partial charge in [-0.1, -0.05) is 18.2 Å². The molecule has 0 aliphatic carbocycles. The molecule has 0 amide bonds. The summed E-state index contributed by atoms with van der Waals surface area (Å²) in [7, 11) is 0. The van der Waals surface area contributed by atoms with E-state index in [1.54, 1.807) is 43.6 Å². The SMILES string of the molecule is CC(O)(Cc1cnccc1N)Cc1ccccc1F. The Kier molecular flexibility index (Phi) is 3.81. The molecule has 3 N–H and O–H groups in total. The fourth-order valence-corrected chi connectivity index (χ4v) is 2.11. The number of benzene rings is 1. The Morgan fingerprint density at radius 2 is 1.89 bits per heavy atom. The van der Waals surface area contributed by atoms with E-state index in [1.807, 2.05) is 0 Å². The van der Waals surface area contributed by atoms with Crippen LogP contribution in [0.15, 0.2) is 42.7 Å². The number of anilines is 1. The van der Waals surface area contributed by atoms with E-state index in [0.29, 0.717) is 17.7 Å². The van der Waals surface area contributed by atoms with Crippen molar-refractivity contribution in [2.24, 2.45) is 0 Å². The first-order valence-corrected chi connectivity index (χ1v) is 6.12. The molecule has 1 heterocycles. The van der Waals surface area contributed by atoms with Crippen molar-refractivity contribution in [3.05, 3.63) is 59.7 Å². The minimum absolute atomic E-state index is 0.230. The molecule has 0 bridgehead atoms. The predicted molar refractivity (Wildman–Crippen MR) is 73.1 cm³/mol. The maximum absolute atomic E-state index is 13.6. The molecule has 1 aromatic heterocycles. The van der Waals surface area contributed by atoms with Crippen LogP contribution in [0.4, 0.5) is 10.1 Å². The maximum Gasteiger partial charge on any atom is 0.126 e. The van der Waals surface area contributed by atoms with E-state index in [0.717, 1.165) is 5.56 Å². The van der Waals surface area contributed by atoms with Crippen LogP contribution in [0.1, 0.15) is 18.1 Å². The average molecular weight is 260 g/mol. The van der Waals surface area contributed by atoms with Crippen molar-refractivity contribution in [1.29, 1.82) is 0 Å². The first-order chi connectivity index (χ1) is 8.98. The standard InChI is InChI=1S/C15H17FN2O/c1-15(19,8-11-4-2-3-5-13(11)16)9-12-10-18-7-6-14(12)17/h2-7,10,19H,8-9H2,1H3,(H2,17,18). The summed E-state index contributed by atoms with van der Waals surface area (Å²) in [4.78, 5) is 3.99. The highest BCUT2D eigenvalue weighted by molar-refractivity contribution is 5.45. The third-order valence-corrected chi connectivity index (χ3v) is 3.04. The summed E-state index contributed by atoms with van der Waals surface area (Å²) >= 11 is 0. The van der Waals surface area contributed by atoms with Gasteiger partial charge in [-0.25, -0.2) is 4.39 Å². The molecule has 100 valence electrons. The minimum Gasteiger partial charge on any atom is -0.398 e. The Labute approximate surface area is 111 Å². The fourth-order valence-electron chi connectivity index (χ4n) is 2.11. The van der Waals surface area contributed by atoms with Crippen molar-refractivity contribution < 1.29 is 9.50 Å². The summed E-state index contributed by atoms with van der Waals surface area (Å²) in [5.41, 5.74) is 6.61. The van der Waals surface area contributed by atoms with Crippen LogP contribution in [-0.2, 0) is 12.8 Å². The van der Waals surface area contributed by atoms with E-state index in [1.165, 1.54) is 6.07 Å². The molecule has 2 rings (SSSR count). The topological polar surface area (TPSA) is 59.1 Å². The largest absolute Gasteiger partial charge is 0.398 e. The van der Waals surface area contributed by atoms with Gasteiger partial charge in [0.25, 0.3) is 0 Å². The summed E-state index contributed by atoms with van der Waals surface area (Å²) in [6.45, 7) is 1.67. The van der Waals surface area contributed by atoms with Gasteiger partial charge < -0.3 is 10.8 Å². The van der Waals surface area contributed by atoms with E-state index in [2.05, 4.69) is 4.98 Å². The normalized spacial score (nSPS) is 14.1. The number of nitrogens with two attached hydrogens (primary N) is 1. The van der Waals surface area contributed by atoms with E-state index in [9.17, 15) is 9.50 Å². The smallest absolute Gasteiger partial charge is 0.126 e. The number of hydrogen-bond donors (Lipinski definition) is 2. The molecular weight excluding hydrogens is 243 g/mol. The van der Waals surface area contributed by atoms with Gasteiger partial charge in [0.15, 0.2) is 0 Å². The zero-order valence-corrected chi connectivity index (χ0v) is 10.8. The lowest BCUT2D eigenvalue weighted by atomic mass is 9.89. The summed E-state index contributed by atoms with van der Waals surface area (Å²) < 4.78 is 13.6. The molecule has 0 radical (unpaired) electrons. The molecule has 0 saturated heterocycles. The number of pyridine rings is 1. The second kappa shape index (κ2) is 5.36. The van der Waals surface area contributed by atoms with Crippen LogP contribution in [0.2, 0.25) is 0 Å². The molecule has 3 nitrogen and oxygen atoms in total. The van der Waals surface area contributed by atoms with Crippen LogP contribution in [0, 0.1) is 5.82 Å². The van der Waals surface area contributed by atoms with Crippen LogP contribution in [0.3, 0.4) is 0 Å². The zero-order valence-electron chi connectivity index (χ0n) is 10.8. The number of rotatable bonds is 4. The van der Waals surface area contributed by atoms with Gasteiger partial charge in [-0.3, -0.25) is 4.98 Å². The van der Waals surface area contributed by atoms with Gasteiger partial charge in [-0.05, 0) is 30.2 Å². The lowest BCUT2D eigenvalue weighted by Crippen LogP contribution is -2.31. The molecule has 0 spiro atoms. The van der Waals surface area contributed by atoms with E-state index >= 15 is 0 Å². The Balaban J connectivity index is 2.15. The van der Waals surface area contributed by atoms with E-state index < -0.39 is 5.60 Å². The highest BCUT2D eigenvalue weighted by atomic mass is 19.1. The van der Waals surface area contributed by atoms with Crippen molar-refractivity contribution in [3.63, 3.8) is 0 Å². The molecule has 0 aliphatic rings. The number of hydrogen-bond acceptors (Lipinski definition) is 3. The molecular formula is C15H17FN2O. The van der Waals surface area contributed by atoms with Gasteiger partial charge in [-0.15, -0.1) is 0 Å². The van der Waals surface area contributed by atoms with Gasteiger partial charge in [0.2, 0.25) is 0 Å². The molecule has 2 aromatic rings. The van der Waals surface area contributed by atoms with Crippen molar-refractivity contribution in [2.75, 3.05) is 5.73 Å². The zero-order chi connectivity index (χ0) is 13.9. The molecule has 19 heavy (non-hydrogen) atoms. The number of halogens is 1. The van der Waals surface area contributed by atoms with E-state index in [-0.39, 0.29) is 12.2 Å². The number of nitrogen functional groups attached to an aromatic ring is 1. The average Bonchev–Trinajstić information content (AvgIpc) is 2.35. The van der Waals surface area contributed by atoms with Crippen LogP contribution in [0.25, 0.3) is 0 Å². The second-order valence-corrected chi connectivity index (χ2v) is 5.02. The van der Waals surface area contributed by atoms with Gasteiger partial charge in [-0.2, -0.15) is 0 Å². The third-order valence-electron chi connectivity index (χ3n) is 3.04. The number of nitrogens with zero attached hydrogens (tertiary/aromatic N) is 1. The van der Waals surface area contributed by atoms with Crippen LogP contribution >= 0.6 is 0 Å². The van der Waals surface area contributed by atoms with Crippen molar-refractivity contribution in [2.45, 2.75) is 25.4 Å². The second-order valence-electron chi connectivity index (χ2n) is 5.02. The number of aliphatic hydroxyl groups is 1. The molecule has 0 aliphatic heterocycles. The summed E-state index contributed by atoms with van der Waals surface area (Å²) in [5.74, 6) is -0.304. The summed E-state index contributed by atoms with van der Waals surface area (Å²) in [6.07, 6.45) is 3.80. The molecule has 1 unspecified atom stereocenters. The van der Waals surface area contributed by atoms with E-state index in [4.69, 9.17) is 5.73 Å². The lowest BCUT2D eigenvalue weighted by molar-refractivity contribution is 0.0600. The van der Waals surface area contributed by atoms with Crippen molar-refractivity contribution in [3.8, 4) is 0 Å². The maximum atomic E-state index is 13.6. The van der Waals surface area contributed by atoms with Crippen molar-refractivity contribution in [1.82, 2.24) is 4.98 Å². The quantitative estimate of drug-likeness (QED) is 0.887. The predicted octanol–water partition coefficient (Wildman–Crippen LogP) is 2.34. The van der Waals surface area contributed by atoms with Gasteiger partial charge in [0, 0.05) is 30.9 Å². The Bertz CT molecular complexity index is 520. The third kappa shape index (κ3) is 3.51. The summed E-state index contributed by atoms with van der Waals surface area (Å²) in [6, 6.07) is 8.15. The number of aromatic nitrogens is 1. The van der Waals surface area contributed by atoms with Gasteiger partial charge in [0.1, 0.15) is 5.82 Å². The molecule has 1 atom stereocenters. The fraction of sp³-hybridized carbons (Fsp3) is 0.267. The van der Waals surface area contributed by atoms with Gasteiger partial charge >= 0.3 is 0 Å². The minimum atomic E-state index is -1.07. The van der Waals surface area contributed by atoms with Gasteiger partial charge in [0.05, 0.1) is 5.60 Å². The molecule has 0 fully saturated rings. The highest BCUT2D eigenvalue weighted by Gasteiger charge is 2.24. The molecule has 0 saturated carbocycles. The highest BCUT2D eigenvalue weighted by Crippen LogP contribution is 2.22. The van der Waals surface area contributed by atoms with Crippen LogP contribution in [-0.4, -0.2) is 15.7 Å². The van der Waals surface area contributed by atoms with Crippen LogP contribution < -0.4 is 5.73 Å². The van der Waals surface area contributed by atoms with Crippen molar-refractivity contribution >= 4 is 5.69 Å². The Hall–Kier alpha value is -1.94. The first-order valence-electron chi connectivity index (χ1n) is 6.12. The lowest BCUT2D eigenvalue weighted by Gasteiger charge is -2.24. The first kappa shape index (κ1) is 13.5. The Morgan fingerprint density at radius 1 is 1.21 bits per heavy atom. The summed E-state index contributed by atoms with van der Waals surface area (Å²) in [5, 5.41) is 10.4. The molecule has 1 aromatic carbocycles. The monoisotopic (exact) mass is 260 g/mol. The Morgan fingerprint density at radius 3 is 2.58 bits per heavy atom.